The Kier molecular flexibility index (Phi) is 15.9. The van der Waals surface area contributed by atoms with Crippen LogP contribution in [0.5, 0.6) is 0 Å². The second-order valence-electron chi connectivity index (χ2n) is 10.4. The van der Waals surface area contributed by atoms with Gasteiger partial charge in [0.1, 0.15) is 0 Å². The molecule has 11 nitrogen and oxygen atoms in total. The number of methoxy groups -OCH3 is 1. The maximum absolute atomic E-state index is 13.1. The van der Waals surface area contributed by atoms with Gasteiger partial charge in [-0.25, -0.2) is 14.4 Å². The zero-order chi connectivity index (χ0) is 31.8. The molecule has 1 aromatic carbocycles. The minimum atomic E-state index is -5.08. The molecule has 3 rings (SSSR count). The number of carboxylic acid groups (broad SMARTS) is 1. The highest BCUT2D eigenvalue weighted by atomic mass is 35.5. The van der Waals surface area contributed by atoms with E-state index in [0.717, 1.165) is 51.0 Å². The van der Waals surface area contributed by atoms with E-state index in [4.69, 9.17) is 31.0 Å². The number of likely N-dealkylation sites (N-methyl/N-ethyl adjacent to an activating group) is 1. The van der Waals surface area contributed by atoms with Crippen molar-refractivity contribution in [2.45, 2.75) is 50.4 Å². The van der Waals surface area contributed by atoms with Crippen LogP contribution in [0, 0.1) is 11.8 Å². The van der Waals surface area contributed by atoms with Crippen molar-refractivity contribution in [3.63, 3.8) is 0 Å². The average Bonchev–Trinajstić information content (AvgIpc) is 2.99. The van der Waals surface area contributed by atoms with Crippen LogP contribution in [-0.4, -0.2) is 100 Å². The van der Waals surface area contributed by atoms with E-state index in [1.165, 1.54) is 13.5 Å². The highest BCUT2D eigenvalue weighted by molar-refractivity contribution is 6.30. The van der Waals surface area contributed by atoms with Crippen molar-refractivity contribution < 1.29 is 46.9 Å². The zero-order valence-corrected chi connectivity index (χ0v) is 25.2. The number of aliphatic carboxylic acids is 1. The molecule has 1 aromatic rings. The van der Waals surface area contributed by atoms with Gasteiger partial charge in [0.05, 0.1) is 19.8 Å². The van der Waals surface area contributed by atoms with Crippen LogP contribution in [0.4, 0.5) is 22.8 Å². The Labute approximate surface area is 254 Å². The number of benzene rings is 1. The van der Waals surface area contributed by atoms with Crippen LogP contribution in [0.2, 0.25) is 5.02 Å². The minimum Gasteiger partial charge on any atom is -0.475 e. The number of alkyl halides is 3. The number of carboxylic acids is 1. The summed E-state index contributed by atoms with van der Waals surface area (Å²) in [5.74, 6) is -2.11. The molecule has 2 saturated heterocycles. The second kappa shape index (κ2) is 18.8. The van der Waals surface area contributed by atoms with Crippen molar-refractivity contribution in [1.82, 2.24) is 20.9 Å². The third-order valence-electron chi connectivity index (χ3n) is 7.23. The summed E-state index contributed by atoms with van der Waals surface area (Å²) in [4.78, 5) is 35.2. The molecule has 0 spiro atoms. The van der Waals surface area contributed by atoms with Crippen molar-refractivity contribution in [1.29, 1.82) is 0 Å². The van der Waals surface area contributed by atoms with Gasteiger partial charge in [0.25, 0.3) is 0 Å². The molecule has 2 fully saturated rings. The summed E-state index contributed by atoms with van der Waals surface area (Å²) in [5.41, 5.74) is 0.970. The Hall–Kier alpha value is -2.81. The summed E-state index contributed by atoms with van der Waals surface area (Å²) in [7, 11) is 3.27. The fourth-order valence-corrected chi connectivity index (χ4v) is 5.26. The van der Waals surface area contributed by atoms with E-state index in [1.54, 1.807) is 0 Å². The van der Waals surface area contributed by atoms with Gasteiger partial charge in [0.15, 0.2) is 0 Å². The third-order valence-corrected chi connectivity index (χ3v) is 7.46. The molecule has 0 aliphatic carbocycles. The van der Waals surface area contributed by atoms with Gasteiger partial charge in [0, 0.05) is 56.4 Å². The highest BCUT2D eigenvalue weighted by Gasteiger charge is 2.38. The molecule has 244 valence electrons. The standard InChI is InChI=1S/C26H41ClN4O5.C2HF3O2/c1-28-23(14-19-6-5-12-35-18-19)16-30-25(32)31-11-4-8-21(17-31)24(20-7-3-9-22(27)15-20)36-13-10-29-26(33)34-2;3-2(4,5)1(6)7/h3,7,9,15,19,21,23-24,28H,4-6,8,10-14,16-18H2,1-2H3,(H,29,33)(H,30,32);(H,6,7)/t19-,21-,23+,24-;/m1./s1. The summed E-state index contributed by atoms with van der Waals surface area (Å²) < 4.78 is 48.2. The number of ether oxygens (including phenoxy) is 3. The Morgan fingerprint density at radius 2 is 1.95 bits per heavy atom. The number of urea groups is 1. The smallest absolute Gasteiger partial charge is 0.475 e. The van der Waals surface area contributed by atoms with Crippen LogP contribution in [0.3, 0.4) is 0 Å². The molecule has 0 aromatic heterocycles. The highest BCUT2D eigenvalue weighted by Crippen LogP contribution is 2.34. The molecular weight excluding hydrogens is 597 g/mol. The number of carbonyl (C=O) groups is 3. The topological polar surface area (TPSA) is 138 Å². The second-order valence-corrected chi connectivity index (χ2v) is 10.8. The quantitative estimate of drug-likeness (QED) is 0.265. The zero-order valence-electron chi connectivity index (χ0n) is 24.5. The van der Waals surface area contributed by atoms with E-state index in [-0.39, 0.29) is 24.1 Å². The van der Waals surface area contributed by atoms with Gasteiger partial charge in [-0.3, -0.25) is 0 Å². The van der Waals surface area contributed by atoms with Crippen LogP contribution in [0.25, 0.3) is 0 Å². The molecule has 43 heavy (non-hydrogen) atoms. The fraction of sp³-hybridized carbons (Fsp3) is 0.679. The molecule has 2 aliphatic rings. The van der Waals surface area contributed by atoms with E-state index < -0.39 is 18.2 Å². The van der Waals surface area contributed by atoms with Crippen LogP contribution in [0.15, 0.2) is 24.3 Å². The van der Waals surface area contributed by atoms with Crippen molar-refractivity contribution in [3.05, 3.63) is 34.9 Å². The Balaban J connectivity index is 0.000000821. The van der Waals surface area contributed by atoms with E-state index in [2.05, 4.69) is 20.7 Å². The summed E-state index contributed by atoms with van der Waals surface area (Å²) in [6.07, 6.45) is -0.703. The Bertz CT molecular complexity index is 1010. The lowest BCUT2D eigenvalue weighted by molar-refractivity contribution is -0.192. The molecule has 0 radical (unpaired) electrons. The average molecular weight is 639 g/mol. The number of carbonyl (C=O) groups excluding carboxylic acids is 2. The van der Waals surface area contributed by atoms with Gasteiger partial charge in [-0.2, -0.15) is 13.2 Å². The number of nitrogens with one attached hydrogen (secondary N) is 3. The SMILES string of the molecule is CN[C@H](CNC(=O)N1CCC[C@@H]([C@H](OCCNC(=O)OC)c2cccc(Cl)c2)C1)C[C@H]1CCCOC1.O=C(O)C(F)(F)F. The van der Waals surface area contributed by atoms with Crippen LogP contribution < -0.4 is 16.0 Å². The van der Waals surface area contributed by atoms with E-state index in [9.17, 15) is 22.8 Å². The summed E-state index contributed by atoms with van der Waals surface area (Å²) >= 11 is 6.27. The molecular formula is C28H42ClF3N4O7. The number of hydrogen-bond acceptors (Lipinski definition) is 7. The van der Waals surface area contributed by atoms with E-state index in [0.29, 0.717) is 37.2 Å². The van der Waals surface area contributed by atoms with Gasteiger partial charge in [-0.1, -0.05) is 23.7 Å². The molecule has 2 aliphatic heterocycles. The van der Waals surface area contributed by atoms with Crippen LogP contribution in [0.1, 0.15) is 43.8 Å². The van der Waals surface area contributed by atoms with Gasteiger partial charge in [0.2, 0.25) is 0 Å². The molecule has 4 atom stereocenters. The number of halogens is 4. The molecule has 15 heteroatoms. The number of rotatable bonds is 11. The first-order chi connectivity index (χ1) is 20.4. The van der Waals surface area contributed by atoms with Crippen LogP contribution in [-0.2, 0) is 19.0 Å². The lowest BCUT2D eigenvalue weighted by Crippen LogP contribution is -2.50. The van der Waals surface area contributed by atoms with Crippen molar-refractivity contribution >= 4 is 29.7 Å². The third kappa shape index (κ3) is 13.6. The molecule has 3 amide bonds. The van der Waals surface area contributed by atoms with E-state index in [1.807, 2.05) is 36.2 Å². The monoisotopic (exact) mass is 638 g/mol. The number of likely N-dealkylation sites (tertiary alicyclic amines) is 1. The first-order valence-corrected chi connectivity index (χ1v) is 14.6. The number of hydrogen-bond donors (Lipinski definition) is 4. The predicted octanol–water partition coefficient (Wildman–Crippen LogP) is 4.21. The predicted molar refractivity (Wildman–Crippen MR) is 153 cm³/mol. The summed E-state index contributed by atoms with van der Waals surface area (Å²) in [6.45, 7) is 4.21. The fourth-order valence-electron chi connectivity index (χ4n) is 5.06. The first-order valence-electron chi connectivity index (χ1n) is 14.2. The maximum Gasteiger partial charge on any atom is 0.490 e. The van der Waals surface area contributed by atoms with Crippen molar-refractivity contribution in [2.24, 2.45) is 11.8 Å². The van der Waals surface area contributed by atoms with Crippen LogP contribution >= 0.6 is 11.6 Å². The van der Waals surface area contributed by atoms with Gasteiger partial charge >= 0.3 is 24.3 Å². The Morgan fingerprint density at radius 3 is 2.56 bits per heavy atom. The van der Waals surface area contributed by atoms with Gasteiger partial charge in [-0.05, 0) is 62.8 Å². The largest absolute Gasteiger partial charge is 0.490 e. The molecule has 0 saturated carbocycles. The number of nitrogens with zero attached hydrogens (tertiary/aromatic N) is 1. The number of alkyl carbamates (subject to hydrolysis) is 1. The number of amides is 3. The van der Waals surface area contributed by atoms with Gasteiger partial charge < -0.3 is 40.2 Å². The molecule has 4 N–H and O–H groups in total. The summed E-state index contributed by atoms with van der Waals surface area (Å²) in [6, 6.07) is 7.81. The number of piperidine rings is 1. The minimum absolute atomic E-state index is 0.0444. The van der Waals surface area contributed by atoms with Crippen molar-refractivity contribution in [2.75, 3.05) is 60.2 Å². The summed E-state index contributed by atoms with van der Waals surface area (Å²) in [5, 5.41) is 16.9. The maximum atomic E-state index is 13.1. The van der Waals surface area contributed by atoms with Crippen molar-refractivity contribution in [3.8, 4) is 0 Å². The van der Waals surface area contributed by atoms with E-state index >= 15 is 0 Å². The first kappa shape index (κ1) is 36.4. The Morgan fingerprint density at radius 1 is 1.21 bits per heavy atom. The molecule has 0 bridgehead atoms. The lowest BCUT2D eigenvalue weighted by atomic mass is 9.88. The lowest BCUT2D eigenvalue weighted by Gasteiger charge is -2.37. The molecule has 2 heterocycles. The van der Waals surface area contributed by atoms with Gasteiger partial charge in [-0.15, -0.1) is 0 Å². The normalized spacial score (nSPS) is 20.2. The molecule has 0 unspecified atom stereocenters.